The van der Waals surface area contributed by atoms with Crippen molar-refractivity contribution in [3.05, 3.63) is 59.2 Å². The van der Waals surface area contributed by atoms with Gasteiger partial charge in [-0.25, -0.2) is 0 Å². The van der Waals surface area contributed by atoms with Crippen LogP contribution in [0, 0.1) is 23.2 Å². The molecule has 2 rings (SSSR count). The van der Waals surface area contributed by atoms with Crippen LogP contribution in [-0.4, -0.2) is 12.5 Å². The number of carbonyl (C=O) groups is 1. The first kappa shape index (κ1) is 22.0. The third-order valence-corrected chi connectivity index (χ3v) is 5.58. The second-order valence-electron chi connectivity index (χ2n) is 7.89. The maximum atomic E-state index is 13.1. The quantitative estimate of drug-likeness (QED) is 0.525. The lowest BCUT2D eigenvalue weighted by Gasteiger charge is -2.16. The fourth-order valence-electron chi connectivity index (χ4n) is 3.10. The van der Waals surface area contributed by atoms with Crippen LogP contribution in [0.3, 0.4) is 0 Å². The fourth-order valence-corrected chi connectivity index (χ4v) is 4.18. The van der Waals surface area contributed by atoms with Gasteiger partial charge in [0.05, 0.1) is 11.1 Å². The molecule has 1 amide bonds. The van der Waals surface area contributed by atoms with Crippen molar-refractivity contribution in [2.45, 2.75) is 56.7 Å². The number of hydrogen-bond donors (Lipinski definition) is 1. The van der Waals surface area contributed by atoms with E-state index < -0.39 is 0 Å². The Kier molecular flexibility index (Phi) is 8.60. The third kappa shape index (κ3) is 6.42. The van der Waals surface area contributed by atoms with Crippen molar-refractivity contribution in [1.29, 1.82) is 5.26 Å². The van der Waals surface area contributed by atoms with Gasteiger partial charge in [0.2, 0.25) is 0 Å². The normalized spacial score (nSPS) is 10.9. The van der Waals surface area contributed by atoms with Gasteiger partial charge in [-0.05, 0) is 54.9 Å². The van der Waals surface area contributed by atoms with E-state index in [4.69, 9.17) is 0 Å². The second kappa shape index (κ2) is 10.9. The first-order valence-corrected chi connectivity index (χ1v) is 10.8. The van der Waals surface area contributed by atoms with Gasteiger partial charge in [-0.1, -0.05) is 63.7 Å². The number of carbonyl (C=O) groups excluding carboxylic acids is 1. The molecule has 28 heavy (non-hydrogen) atoms. The highest BCUT2D eigenvalue weighted by molar-refractivity contribution is 7.99. The predicted molar refractivity (Wildman–Crippen MR) is 117 cm³/mol. The summed E-state index contributed by atoms with van der Waals surface area (Å²) < 4.78 is 0. The van der Waals surface area contributed by atoms with Crippen LogP contribution in [0.15, 0.2) is 52.3 Å². The van der Waals surface area contributed by atoms with E-state index in [1.54, 1.807) is 0 Å². The molecule has 3 nitrogen and oxygen atoms in total. The minimum atomic E-state index is -0.0167. The Morgan fingerprint density at radius 2 is 1.75 bits per heavy atom. The smallest absolute Gasteiger partial charge is 0.252 e. The molecule has 0 bridgehead atoms. The zero-order valence-corrected chi connectivity index (χ0v) is 18.1. The van der Waals surface area contributed by atoms with Crippen LogP contribution >= 0.6 is 11.8 Å². The van der Waals surface area contributed by atoms with E-state index in [2.05, 4.69) is 39.1 Å². The Morgan fingerprint density at radius 1 is 1.04 bits per heavy atom. The Hall–Kier alpha value is -2.25. The lowest BCUT2D eigenvalue weighted by Crippen LogP contribution is -2.26. The number of hydrogen-bond acceptors (Lipinski definition) is 3. The highest BCUT2D eigenvalue weighted by Crippen LogP contribution is 2.34. The topological polar surface area (TPSA) is 52.9 Å². The Bertz CT molecular complexity index is 837. The van der Waals surface area contributed by atoms with Crippen molar-refractivity contribution in [2.24, 2.45) is 11.8 Å². The number of nitrogens with one attached hydrogen (secondary N) is 1. The van der Waals surface area contributed by atoms with Crippen molar-refractivity contribution >= 4 is 17.7 Å². The van der Waals surface area contributed by atoms with Crippen LogP contribution in [0.4, 0.5) is 0 Å². The Balaban J connectivity index is 2.31. The molecule has 2 aromatic carbocycles. The van der Waals surface area contributed by atoms with E-state index in [0.717, 1.165) is 40.2 Å². The summed E-state index contributed by atoms with van der Waals surface area (Å²) in [6.07, 6.45) is 2.93. The fraction of sp³-hybridized carbons (Fsp3) is 0.417. The zero-order chi connectivity index (χ0) is 20.5. The molecular weight excluding hydrogens is 364 g/mol. The lowest BCUT2D eigenvalue weighted by atomic mass is 9.97. The zero-order valence-electron chi connectivity index (χ0n) is 17.3. The van der Waals surface area contributed by atoms with Crippen LogP contribution in [0.2, 0.25) is 0 Å². The van der Waals surface area contributed by atoms with Gasteiger partial charge in [-0.2, -0.15) is 5.26 Å². The van der Waals surface area contributed by atoms with E-state index in [1.165, 1.54) is 11.8 Å². The average molecular weight is 395 g/mol. The molecule has 0 aliphatic heterocycles. The van der Waals surface area contributed by atoms with Gasteiger partial charge >= 0.3 is 0 Å². The molecule has 2 aromatic rings. The summed E-state index contributed by atoms with van der Waals surface area (Å²) in [6, 6.07) is 15.8. The monoisotopic (exact) mass is 394 g/mol. The molecule has 4 heteroatoms. The van der Waals surface area contributed by atoms with Crippen LogP contribution in [0.1, 0.15) is 62.0 Å². The largest absolute Gasteiger partial charge is 0.352 e. The van der Waals surface area contributed by atoms with Crippen molar-refractivity contribution < 1.29 is 4.79 Å². The first-order chi connectivity index (χ1) is 13.4. The molecular formula is C24H30N2OS. The van der Waals surface area contributed by atoms with Gasteiger partial charge in [-0.3, -0.25) is 4.79 Å². The van der Waals surface area contributed by atoms with Gasteiger partial charge in [0, 0.05) is 16.3 Å². The van der Waals surface area contributed by atoms with Crippen molar-refractivity contribution in [1.82, 2.24) is 5.32 Å². The highest BCUT2D eigenvalue weighted by Gasteiger charge is 2.18. The molecule has 0 unspecified atom stereocenters. The summed E-state index contributed by atoms with van der Waals surface area (Å²) in [7, 11) is 0. The van der Waals surface area contributed by atoms with Gasteiger partial charge in [0.25, 0.3) is 5.91 Å². The maximum Gasteiger partial charge on any atom is 0.252 e. The van der Waals surface area contributed by atoms with Gasteiger partial charge in [0.1, 0.15) is 6.07 Å². The van der Waals surface area contributed by atoms with Crippen LogP contribution in [0.25, 0.3) is 0 Å². The lowest BCUT2D eigenvalue weighted by molar-refractivity contribution is 0.0948. The standard InChI is InChI=1S/C24H30N2OS/c1-17(2)9-8-14-26-24(27)23-19(15-18(3)4)11-7-13-22(23)28-21-12-6-5-10-20(21)16-25/h5-7,10-13,17-18H,8-9,14-15H2,1-4H3,(H,26,27). The molecule has 0 saturated carbocycles. The number of nitriles is 1. The summed E-state index contributed by atoms with van der Waals surface area (Å²) >= 11 is 1.50. The van der Waals surface area contributed by atoms with Gasteiger partial charge in [0.15, 0.2) is 0 Å². The Labute approximate surface area is 173 Å². The second-order valence-corrected chi connectivity index (χ2v) is 8.97. The first-order valence-electron chi connectivity index (χ1n) is 9.99. The van der Waals surface area contributed by atoms with E-state index in [0.29, 0.717) is 23.9 Å². The molecule has 0 aromatic heterocycles. The number of nitrogens with zero attached hydrogens (tertiary/aromatic N) is 1. The van der Waals surface area contributed by atoms with E-state index >= 15 is 0 Å². The van der Waals surface area contributed by atoms with Crippen molar-refractivity contribution in [3.8, 4) is 6.07 Å². The highest BCUT2D eigenvalue weighted by atomic mass is 32.2. The van der Waals surface area contributed by atoms with E-state index in [-0.39, 0.29) is 5.91 Å². The maximum absolute atomic E-state index is 13.1. The van der Waals surface area contributed by atoms with E-state index in [9.17, 15) is 10.1 Å². The van der Waals surface area contributed by atoms with Crippen molar-refractivity contribution in [3.63, 3.8) is 0 Å². The van der Waals surface area contributed by atoms with Gasteiger partial charge in [-0.15, -0.1) is 0 Å². The van der Waals surface area contributed by atoms with Crippen LogP contribution < -0.4 is 5.32 Å². The summed E-state index contributed by atoms with van der Waals surface area (Å²) in [4.78, 5) is 14.8. The molecule has 148 valence electrons. The van der Waals surface area contributed by atoms with Crippen LogP contribution in [0.5, 0.6) is 0 Å². The number of benzene rings is 2. The summed E-state index contributed by atoms with van der Waals surface area (Å²) in [5, 5.41) is 12.5. The third-order valence-electron chi connectivity index (χ3n) is 4.44. The molecule has 0 aliphatic carbocycles. The molecule has 1 N–H and O–H groups in total. The van der Waals surface area contributed by atoms with Crippen molar-refractivity contribution in [2.75, 3.05) is 6.54 Å². The van der Waals surface area contributed by atoms with E-state index in [1.807, 2.05) is 42.5 Å². The molecule has 0 saturated heterocycles. The summed E-state index contributed by atoms with van der Waals surface area (Å²) in [6.45, 7) is 9.40. The molecule has 0 atom stereocenters. The Morgan fingerprint density at radius 3 is 2.43 bits per heavy atom. The van der Waals surface area contributed by atoms with Crippen LogP contribution in [-0.2, 0) is 6.42 Å². The number of amides is 1. The molecule has 0 heterocycles. The molecule has 0 radical (unpaired) electrons. The summed E-state index contributed by atoms with van der Waals surface area (Å²) in [5.41, 5.74) is 2.44. The minimum absolute atomic E-state index is 0.0167. The molecule has 0 spiro atoms. The summed E-state index contributed by atoms with van der Waals surface area (Å²) in [5.74, 6) is 1.08. The van der Waals surface area contributed by atoms with Gasteiger partial charge < -0.3 is 5.32 Å². The number of rotatable bonds is 9. The molecule has 0 fully saturated rings. The predicted octanol–water partition coefficient (Wildman–Crippen LogP) is 6.07. The molecule has 0 aliphatic rings. The minimum Gasteiger partial charge on any atom is -0.352 e. The average Bonchev–Trinajstić information content (AvgIpc) is 2.65. The SMILES string of the molecule is CC(C)CCCNC(=O)c1c(CC(C)C)cccc1Sc1ccccc1C#N.